The molecular weight excluding hydrogens is 256 g/mol. The second kappa shape index (κ2) is 6.88. The van der Waals surface area contributed by atoms with Gasteiger partial charge in [-0.25, -0.2) is 0 Å². The zero-order valence-electron chi connectivity index (χ0n) is 12.2. The molecule has 1 atom stereocenters. The van der Waals surface area contributed by atoms with Crippen LogP contribution in [0.1, 0.15) is 26.2 Å². The Morgan fingerprint density at radius 1 is 1.25 bits per heavy atom. The van der Waals surface area contributed by atoms with Crippen LogP contribution in [-0.4, -0.2) is 60.5 Å². The number of hydrogen-bond acceptors (Lipinski definition) is 3. The molecule has 0 N–H and O–H groups in total. The third-order valence-electron chi connectivity index (χ3n) is 4.19. The number of hydrogen-bond donors (Lipinski definition) is 0. The number of amides is 2. The van der Waals surface area contributed by atoms with Crippen molar-refractivity contribution in [3.63, 3.8) is 0 Å². The minimum absolute atomic E-state index is 0.0348. The predicted molar refractivity (Wildman–Crippen MR) is 76.1 cm³/mol. The summed E-state index contributed by atoms with van der Waals surface area (Å²) < 4.78 is 5.48. The van der Waals surface area contributed by atoms with E-state index in [1.165, 1.54) is 6.08 Å². The lowest BCUT2D eigenvalue weighted by Gasteiger charge is -2.35. The monoisotopic (exact) mass is 280 g/mol. The summed E-state index contributed by atoms with van der Waals surface area (Å²) in [6.45, 7) is 8.99. The zero-order valence-corrected chi connectivity index (χ0v) is 12.2. The highest BCUT2D eigenvalue weighted by Gasteiger charge is 2.32. The van der Waals surface area contributed by atoms with E-state index in [1.54, 1.807) is 4.90 Å². The molecular formula is C15H24N2O3. The first kappa shape index (κ1) is 15.0. The molecule has 112 valence electrons. The van der Waals surface area contributed by atoms with E-state index in [0.717, 1.165) is 32.4 Å². The smallest absolute Gasteiger partial charge is 0.245 e. The van der Waals surface area contributed by atoms with E-state index in [-0.39, 0.29) is 23.8 Å². The van der Waals surface area contributed by atoms with Gasteiger partial charge in [0.15, 0.2) is 0 Å². The molecule has 2 saturated heterocycles. The third kappa shape index (κ3) is 3.39. The van der Waals surface area contributed by atoms with Crippen LogP contribution in [0.25, 0.3) is 0 Å². The Morgan fingerprint density at radius 3 is 2.60 bits per heavy atom. The minimum atomic E-state index is -0.0348. The molecule has 0 spiro atoms. The maximum atomic E-state index is 12.6. The van der Waals surface area contributed by atoms with Gasteiger partial charge in [-0.1, -0.05) is 6.58 Å². The largest absolute Gasteiger partial charge is 0.379 e. The summed E-state index contributed by atoms with van der Waals surface area (Å²) in [5, 5.41) is 0. The molecule has 0 aromatic rings. The van der Waals surface area contributed by atoms with Gasteiger partial charge in [0.25, 0.3) is 0 Å². The second-order valence-corrected chi connectivity index (χ2v) is 5.61. The molecule has 2 rings (SSSR count). The molecule has 5 heteroatoms. The van der Waals surface area contributed by atoms with Crippen LogP contribution in [0.3, 0.4) is 0 Å². The van der Waals surface area contributed by atoms with Gasteiger partial charge in [-0.05, 0) is 32.3 Å². The van der Waals surface area contributed by atoms with Crippen LogP contribution < -0.4 is 0 Å². The van der Waals surface area contributed by atoms with Crippen molar-refractivity contribution in [2.45, 2.75) is 32.2 Å². The fourth-order valence-corrected chi connectivity index (χ4v) is 2.94. The molecule has 0 saturated carbocycles. The topological polar surface area (TPSA) is 49.9 Å². The minimum Gasteiger partial charge on any atom is -0.379 e. The highest BCUT2D eigenvalue weighted by atomic mass is 16.5. The van der Waals surface area contributed by atoms with Crippen molar-refractivity contribution in [1.29, 1.82) is 0 Å². The number of rotatable bonds is 2. The van der Waals surface area contributed by atoms with Crippen LogP contribution in [0.15, 0.2) is 12.7 Å². The van der Waals surface area contributed by atoms with Gasteiger partial charge in [0.05, 0.1) is 12.6 Å². The van der Waals surface area contributed by atoms with Gasteiger partial charge < -0.3 is 14.5 Å². The normalized spacial score (nSPS) is 25.1. The van der Waals surface area contributed by atoms with Gasteiger partial charge in [-0.15, -0.1) is 0 Å². The van der Waals surface area contributed by atoms with E-state index in [0.29, 0.717) is 19.7 Å². The lowest BCUT2D eigenvalue weighted by Crippen LogP contribution is -2.47. The lowest BCUT2D eigenvalue weighted by molar-refractivity contribution is -0.141. The fourth-order valence-electron chi connectivity index (χ4n) is 2.94. The SMILES string of the molecule is C=CC(=O)N1CCC(C(=O)N2CCCOCC2C)CC1. The van der Waals surface area contributed by atoms with E-state index in [9.17, 15) is 9.59 Å². The predicted octanol–water partition coefficient (Wildman–Crippen LogP) is 1.05. The number of carbonyl (C=O) groups is 2. The molecule has 2 aliphatic rings. The Balaban J connectivity index is 1.90. The van der Waals surface area contributed by atoms with Gasteiger partial charge in [-0.2, -0.15) is 0 Å². The maximum Gasteiger partial charge on any atom is 0.245 e. The fraction of sp³-hybridized carbons (Fsp3) is 0.733. The van der Waals surface area contributed by atoms with Gasteiger partial charge in [0.1, 0.15) is 0 Å². The van der Waals surface area contributed by atoms with Crippen LogP contribution in [0.4, 0.5) is 0 Å². The molecule has 0 aromatic carbocycles. The van der Waals surface area contributed by atoms with Crippen LogP contribution in [0, 0.1) is 5.92 Å². The molecule has 5 nitrogen and oxygen atoms in total. The second-order valence-electron chi connectivity index (χ2n) is 5.61. The van der Waals surface area contributed by atoms with Crippen molar-refractivity contribution in [1.82, 2.24) is 9.80 Å². The molecule has 2 amide bonds. The van der Waals surface area contributed by atoms with Crippen LogP contribution >= 0.6 is 0 Å². The Hall–Kier alpha value is -1.36. The summed E-state index contributed by atoms with van der Waals surface area (Å²) in [5.74, 6) is 0.241. The average Bonchev–Trinajstić information content (AvgIpc) is 2.70. The zero-order chi connectivity index (χ0) is 14.5. The van der Waals surface area contributed by atoms with Crippen molar-refractivity contribution >= 4 is 11.8 Å². The standard InChI is InChI=1S/C15H24N2O3/c1-3-14(18)16-8-5-13(6-9-16)15(19)17-7-4-10-20-11-12(17)2/h3,12-13H,1,4-11H2,2H3. The average molecular weight is 280 g/mol. The Kier molecular flexibility index (Phi) is 5.17. The molecule has 1 unspecified atom stereocenters. The summed E-state index contributed by atoms with van der Waals surface area (Å²) in [6.07, 6.45) is 3.76. The summed E-state index contributed by atoms with van der Waals surface area (Å²) in [6, 6.07) is 0.151. The number of nitrogens with zero attached hydrogens (tertiary/aromatic N) is 2. The number of ether oxygens (including phenoxy) is 1. The van der Waals surface area contributed by atoms with Gasteiger partial charge >= 0.3 is 0 Å². The first-order valence-electron chi connectivity index (χ1n) is 7.43. The molecule has 2 heterocycles. The summed E-state index contributed by atoms with van der Waals surface area (Å²) in [4.78, 5) is 27.9. The summed E-state index contributed by atoms with van der Waals surface area (Å²) >= 11 is 0. The van der Waals surface area contributed by atoms with E-state index < -0.39 is 0 Å². The van der Waals surface area contributed by atoms with E-state index in [4.69, 9.17) is 4.74 Å². The maximum absolute atomic E-state index is 12.6. The van der Waals surface area contributed by atoms with E-state index in [2.05, 4.69) is 6.58 Å². The van der Waals surface area contributed by atoms with Crippen molar-refractivity contribution in [2.75, 3.05) is 32.8 Å². The number of likely N-dealkylation sites (tertiary alicyclic amines) is 1. The number of carbonyl (C=O) groups excluding carboxylic acids is 2. The molecule has 2 aliphatic heterocycles. The molecule has 0 aromatic heterocycles. The van der Waals surface area contributed by atoms with Crippen LogP contribution in [-0.2, 0) is 14.3 Å². The first-order valence-corrected chi connectivity index (χ1v) is 7.43. The molecule has 2 fully saturated rings. The summed E-state index contributed by atoms with van der Waals surface area (Å²) in [5.41, 5.74) is 0. The van der Waals surface area contributed by atoms with Crippen LogP contribution in [0.5, 0.6) is 0 Å². The Bertz CT molecular complexity index is 375. The first-order chi connectivity index (χ1) is 9.63. The van der Waals surface area contributed by atoms with E-state index >= 15 is 0 Å². The van der Waals surface area contributed by atoms with Crippen molar-refractivity contribution in [3.05, 3.63) is 12.7 Å². The Morgan fingerprint density at radius 2 is 1.95 bits per heavy atom. The van der Waals surface area contributed by atoms with Gasteiger partial charge in [0.2, 0.25) is 11.8 Å². The van der Waals surface area contributed by atoms with Crippen molar-refractivity contribution in [2.24, 2.45) is 5.92 Å². The van der Waals surface area contributed by atoms with Gasteiger partial charge in [0, 0.05) is 32.2 Å². The molecule has 0 aliphatic carbocycles. The van der Waals surface area contributed by atoms with Crippen molar-refractivity contribution in [3.8, 4) is 0 Å². The van der Waals surface area contributed by atoms with Crippen LogP contribution in [0.2, 0.25) is 0 Å². The van der Waals surface area contributed by atoms with Crippen molar-refractivity contribution < 1.29 is 14.3 Å². The summed E-state index contributed by atoms with van der Waals surface area (Å²) in [7, 11) is 0. The molecule has 20 heavy (non-hydrogen) atoms. The molecule has 0 radical (unpaired) electrons. The third-order valence-corrected chi connectivity index (χ3v) is 4.19. The highest BCUT2D eigenvalue weighted by molar-refractivity contribution is 5.87. The Labute approximate surface area is 120 Å². The highest BCUT2D eigenvalue weighted by Crippen LogP contribution is 2.22. The lowest BCUT2D eigenvalue weighted by atomic mass is 9.94. The number of piperidine rings is 1. The van der Waals surface area contributed by atoms with Gasteiger partial charge in [-0.3, -0.25) is 9.59 Å². The molecule has 0 bridgehead atoms. The quantitative estimate of drug-likeness (QED) is 0.710. The van der Waals surface area contributed by atoms with E-state index in [1.807, 2.05) is 11.8 Å².